The van der Waals surface area contributed by atoms with E-state index in [-0.39, 0.29) is 12.6 Å². The molecular weight excluding hydrogens is 326 g/mol. The third-order valence-corrected chi connectivity index (χ3v) is 4.71. The van der Waals surface area contributed by atoms with Crippen LogP contribution in [0.15, 0.2) is 24.3 Å². The van der Waals surface area contributed by atoms with Gasteiger partial charge in [0.05, 0.1) is 12.5 Å². The lowest BCUT2D eigenvalue weighted by Crippen LogP contribution is -2.23. The van der Waals surface area contributed by atoms with Crippen LogP contribution in [-0.4, -0.2) is 30.0 Å². The van der Waals surface area contributed by atoms with E-state index < -0.39 is 5.97 Å². The number of rotatable bonds is 18. The van der Waals surface area contributed by atoms with Gasteiger partial charge in [0, 0.05) is 6.54 Å². The van der Waals surface area contributed by atoms with Crippen molar-refractivity contribution in [2.24, 2.45) is 0 Å². The molecule has 0 aromatic carbocycles. The molecular formula is C22H39NO3. The van der Waals surface area contributed by atoms with E-state index in [0.717, 1.165) is 12.8 Å². The second kappa shape index (κ2) is 16.1. The van der Waals surface area contributed by atoms with Gasteiger partial charge in [0.15, 0.2) is 0 Å². The molecule has 0 radical (unpaired) electrons. The summed E-state index contributed by atoms with van der Waals surface area (Å²) in [5.41, 5.74) is 0. The Labute approximate surface area is 160 Å². The quantitative estimate of drug-likeness (QED) is 0.189. The number of carboxylic acids is 1. The Morgan fingerprint density at radius 1 is 0.962 bits per heavy atom. The zero-order valence-electron chi connectivity index (χ0n) is 16.6. The van der Waals surface area contributed by atoms with Crippen LogP contribution in [0.3, 0.4) is 0 Å². The van der Waals surface area contributed by atoms with Crippen molar-refractivity contribution in [1.29, 1.82) is 0 Å². The van der Waals surface area contributed by atoms with Crippen molar-refractivity contribution in [2.45, 2.75) is 103 Å². The topological polar surface area (TPSA) is 61.9 Å². The maximum Gasteiger partial charge on any atom is 0.304 e. The van der Waals surface area contributed by atoms with Crippen molar-refractivity contribution in [1.82, 2.24) is 5.32 Å². The third kappa shape index (κ3) is 14.1. The van der Waals surface area contributed by atoms with Gasteiger partial charge in [-0.05, 0) is 38.5 Å². The molecule has 1 heterocycles. The molecule has 1 rings (SSSR count). The first-order valence-electron chi connectivity index (χ1n) is 10.6. The van der Waals surface area contributed by atoms with Crippen LogP contribution in [0.5, 0.6) is 0 Å². The Kier molecular flexibility index (Phi) is 14.2. The van der Waals surface area contributed by atoms with E-state index in [1.807, 2.05) is 0 Å². The van der Waals surface area contributed by atoms with E-state index in [0.29, 0.717) is 12.6 Å². The summed E-state index contributed by atoms with van der Waals surface area (Å²) in [6.45, 7) is 2.74. The standard InChI is InChI=1S/C22H39NO3/c1-2-3-4-5-6-7-8-9-10-11-12-13-14-15-16-17-20-22(26-20)23-19-18-21(24)25/h6-7,9-10,20,22-23H,2-5,8,11-19H2,1H3,(H,24,25). The molecule has 4 nitrogen and oxygen atoms in total. The molecule has 2 atom stereocenters. The van der Waals surface area contributed by atoms with Crippen LogP contribution in [0.1, 0.15) is 90.4 Å². The number of nitrogens with one attached hydrogen (secondary N) is 1. The molecule has 2 unspecified atom stereocenters. The SMILES string of the molecule is CCCCCC=CCC=CCCCCCCCC1OC1NCCC(=O)O. The molecule has 0 aromatic rings. The van der Waals surface area contributed by atoms with Gasteiger partial charge in [-0.15, -0.1) is 0 Å². The summed E-state index contributed by atoms with van der Waals surface area (Å²) in [5, 5.41) is 11.7. The van der Waals surface area contributed by atoms with Crippen molar-refractivity contribution in [3.05, 3.63) is 24.3 Å². The molecule has 0 aliphatic carbocycles. The van der Waals surface area contributed by atoms with Gasteiger partial charge in [-0.3, -0.25) is 10.1 Å². The summed E-state index contributed by atoms with van der Waals surface area (Å²) in [6, 6.07) is 0. The van der Waals surface area contributed by atoms with Gasteiger partial charge in [-0.2, -0.15) is 0 Å². The highest BCUT2D eigenvalue weighted by Gasteiger charge is 2.37. The zero-order chi connectivity index (χ0) is 18.9. The molecule has 0 aromatic heterocycles. The van der Waals surface area contributed by atoms with Gasteiger partial charge in [-0.25, -0.2) is 0 Å². The fourth-order valence-corrected chi connectivity index (χ4v) is 3.02. The van der Waals surface area contributed by atoms with Crippen LogP contribution in [0.4, 0.5) is 0 Å². The van der Waals surface area contributed by atoms with Crippen LogP contribution in [-0.2, 0) is 9.53 Å². The van der Waals surface area contributed by atoms with Crippen LogP contribution < -0.4 is 5.32 Å². The molecule has 26 heavy (non-hydrogen) atoms. The number of hydrogen-bond acceptors (Lipinski definition) is 3. The fraction of sp³-hybridized carbons (Fsp3) is 0.773. The average Bonchev–Trinajstić information content (AvgIpc) is 3.36. The summed E-state index contributed by atoms with van der Waals surface area (Å²) >= 11 is 0. The van der Waals surface area contributed by atoms with Gasteiger partial charge in [-0.1, -0.05) is 69.8 Å². The molecule has 1 fully saturated rings. The van der Waals surface area contributed by atoms with Crippen LogP contribution in [0.25, 0.3) is 0 Å². The van der Waals surface area contributed by atoms with Crippen LogP contribution in [0, 0.1) is 0 Å². The third-order valence-electron chi connectivity index (χ3n) is 4.71. The van der Waals surface area contributed by atoms with Gasteiger partial charge in [0.1, 0.15) is 6.23 Å². The van der Waals surface area contributed by atoms with Crippen LogP contribution in [0.2, 0.25) is 0 Å². The first-order valence-corrected chi connectivity index (χ1v) is 10.6. The lowest BCUT2D eigenvalue weighted by Gasteiger charge is -2.00. The molecule has 1 saturated heterocycles. The van der Waals surface area contributed by atoms with Gasteiger partial charge in [0.25, 0.3) is 0 Å². The molecule has 1 aliphatic heterocycles. The van der Waals surface area contributed by atoms with Gasteiger partial charge >= 0.3 is 5.97 Å². The lowest BCUT2D eigenvalue weighted by atomic mass is 10.1. The highest BCUT2D eigenvalue weighted by molar-refractivity contribution is 5.66. The number of aliphatic carboxylic acids is 1. The zero-order valence-corrected chi connectivity index (χ0v) is 16.6. The van der Waals surface area contributed by atoms with Gasteiger partial charge < -0.3 is 9.84 Å². The predicted molar refractivity (Wildman–Crippen MR) is 108 cm³/mol. The molecule has 0 bridgehead atoms. The summed E-state index contributed by atoms with van der Waals surface area (Å²) in [7, 11) is 0. The Hall–Kier alpha value is -1.13. The second-order valence-corrected chi connectivity index (χ2v) is 7.21. The highest BCUT2D eigenvalue weighted by atomic mass is 16.6. The minimum atomic E-state index is -0.761. The number of carboxylic acid groups (broad SMARTS) is 1. The summed E-state index contributed by atoms with van der Waals surface area (Å²) in [6.07, 6.45) is 24.7. The van der Waals surface area contributed by atoms with E-state index in [2.05, 4.69) is 36.5 Å². The Morgan fingerprint density at radius 3 is 2.31 bits per heavy atom. The Balaban J connectivity index is 1.77. The monoisotopic (exact) mass is 365 g/mol. The van der Waals surface area contributed by atoms with E-state index in [4.69, 9.17) is 9.84 Å². The molecule has 1 aliphatic rings. The van der Waals surface area contributed by atoms with E-state index >= 15 is 0 Å². The Bertz CT molecular complexity index is 406. The van der Waals surface area contributed by atoms with Gasteiger partial charge in [0.2, 0.25) is 0 Å². The number of hydrogen-bond donors (Lipinski definition) is 2. The number of allylic oxidation sites excluding steroid dienone is 4. The number of unbranched alkanes of at least 4 members (excludes halogenated alkanes) is 8. The van der Waals surface area contributed by atoms with E-state index in [1.54, 1.807) is 0 Å². The largest absolute Gasteiger partial charge is 0.481 e. The molecule has 150 valence electrons. The number of epoxide rings is 1. The predicted octanol–water partition coefficient (Wildman–Crippen LogP) is 5.59. The Morgan fingerprint density at radius 2 is 1.62 bits per heavy atom. The maximum atomic E-state index is 10.4. The van der Waals surface area contributed by atoms with E-state index in [9.17, 15) is 4.79 Å². The molecule has 2 N–H and O–H groups in total. The normalized spacial score (nSPS) is 19.6. The molecule has 0 amide bonds. The van der Waals surface area contributed by atoms with Crippen molar-refractivity contribution in [3.63, 3.8) is 0 Å². The second-order valence-electron chi connectivity index (χ2n) is 7.21. The van der Waals surface area contributed by atoms with Crippen LogP contribution >= 0.6 is 0 Å². The first-order chi connectivity index (χ1) is 12.7. The van der Waals surface area contributed by atoms with Crippen molar-refractivity contribution in [2.75, 3.05) is 6.54 Å². The minimum absolute atomic E-state index is 0.0974. The molecule has 4 heteroatoms. The lowest BCUT2D eigenvalue weighted by molar-refractivity contribution is -0.136. The average molecular weight is 366 g/mol. The summed E-state index contributed by atoms with van der Waals surface area (Å²) < 4.78 is 5.50. The molecule has 0 saturated carbocycles. The smallest absolute Gasteiger partial charge is 0.304 e. The van der Waals surface area contributed by atoms with Crippen molar-refractivity contribution < 1.29 is 14.6 Å². The summed E-state index contributed by atoms with van der Waals surface area (Å²) in [4.78, 5) is 10.4. The number of carbonyl (C=O) groups is 1. The van der Waals surface area contributed by atoms with Crippen molar-refractivity contribution >= 4 is 5.97 Å². The highest BCUT2D eigenvalue weighted by Crippen LogP contribution is 2.25. The summed E-state index contributed by atoms with van der Waals surface area (Å²) in [5.74, 6) is -0.761. The van der Waals surface area contributed by atoms with Crippen molar-refractivity contribution in [3.8, 4) is 0 Å². The van der Waals surface area contributed by atoms with E-state index in [1.165, 1.54) is 64.2 Å². The number of ether oxygens (including phenoxy) is 1. The maximum absolute atomic E-state index is 10.4. The minimum Gasteiger partial charge on any atom is -0.481 e. The first kappa shape index (κ1) is 22.9. The fourth-order valence-electron chi connectivity index (χ4n) is 3.02. The molecule has 0 spiro atoms.